The van der Waals surface area contributed by atoms with Gasteiger partial charge < -0.3 is 35.8 Å². The molecule has 2 unspecified atom stereocenters. The van der Waals surface area contributed by atoms with Crippen LogP contribution in [0, 0.1) is 29.1 Å². The molecule has 0 bridgehead atoms. The molecular weight excluding hydrogens is 680 g/mol. The number of carbonyl (C=O) groups excluding carboxylic acids is 7. The third-order valence-electron chi connectivity index (χ3n) is 10.9. The van der Waals surface area contributed by atoms with Crippen molar-refractivity contribution in [2.24, 2.45) is 29.1 Å². The monoisotopic (exact) mass is 738 g/mol. The summed E-state index contributed by atoms with van der Waals surface area (Å²) in [6.07, 6.45) is 4.42. The number of Topliss-reactive ketones (excluding diaryl/α,β-unsaturated/α-hetero) is 1. The smallest absolute Gasteiger partial charge is 0.407 e. The quantitative estimate of drug-likeness (QED) is 0.187. The highest BCUT2D eigenvalue weighted by Gasteiger charge is 2.69. The Morgan fingerprint density at radius 1 is 0.943 bits per heavy atom. The number of hydrogen-bond acceptors (Lipinski definition) is 8. The lowest BCUT2D eigenvalue weighted by Gasteiger charge is -2.37. The van der Waals surface area contributed by atoms with Gasteiger partial charge in [-0.3, -0.25) is 28.8 Å². The van der Waals surface area contributed by atoms with E-state index in [1.165, 1.54) is 4.90 Å². The van der Waals surface area contributed by atoms with E-state index in [1.807, 2.05) is 34.6 Å². The molecule has 1 saturated heterocycles. The first-order valence-corrected chi connectivity index (χ1v) is 19.0. The van der Waals surface area contributed by atoms with Gasteiger partial charge in [-0.2, -0.15) is 0 Å². The second-order valence-electron chi connectivity index (χ2n) is 15.9. The number of carbonyl (C=O) groups is 7. The normalized spacial score (nSPS) is 22.0. The second kappa shape index (κ2) is 18.0. The van der Waals surface area contributed by atoms with Gasteiger partial charge in [0, 0.05) is 20.6 Å². The second-order valence-corrected chi connectivity index (χ2v) is 15.9. The zero-order valence-electron chi connectivity index (χ0n) is 32.2. The van der Waals surface area contributed by atoms with Crippen molar-refractivity contribution in [1.82, 2.24) is 31.1 Å². The Bertz CT molecular complexity index is 1510. The molecule has 3 aliphatic rings. The van der Waals surface area contributed by atoms with Gasteiger partial charge in [-0.25, -0.2) is 4.79 Å². The average Bonchev–Trinajstić information content (AvgIpc) is 3.43. The summed E-state index contributed by atoms with van der Waals surface area (Å²) in [6.45, 7) is 9.73. The Labute approximate surface area is 312 Å². The summed E-state index contributed by atoms with van der Waals surface area (Å²) in [7, 11) is 3.13. The first-order chi connectivity index (χ1) is 25.1. The maximum Gasteiger partial charge on any atom is 0.407 e. The Hall–Kier alpha value is -4.49. The zero-order chi connectivity index (χ0) is 39.0. The fraction of sp³-hybridized carbons (Fsp3) is 0.667. The summed E-state index contributed by atoms with van der Waals surface area (Å²) in [6, 6.07) is 4.71. The number of hydrogen-bond donors (Lipinski definition) is 4. The molecule has 14 nitrogen and oxygen atoms in total. The van der Waals surface area contributed by atoms with E-state index in [0.717, 1.165) is 32.1 Å². The number of nitrogens with zero attached hydrogens (tertiary/aromatic N) is 2. The van der Waals surface area contributed by atoms with Crippen LogP contribution in [0.5, 0.6) is 0 Å². The number of ketones is 1. The van der Waals surface area contributed by atoms with Crippen molar-refractivity contribution in [2.45, 2.75) is 104 Å². The molecule has 0 aromatic heterocycles. The van der Waals surface area contributed by atoms with Gasteiger partial charge in [0.15, 0.2) is 0 Å². The van der Waals surface area contributed by atoms with Crippen LogP contribution >= 0.6 is 0 Å². The predicted octanol–water partition coefficient (Wildman–Crippen LogP) is 2.72. The van der Waals surface area contributed by atoms with Crippen LogP contribution in [0.4, 0.5) is 4.79 Å². The Morgan fingerprint density at radius 2 is 1.60 bits per heavy atom. The van der Waals surface area contributed by atoms with Crippen molar-refractivity contribution >= 4 is 41.4 Å². The van der Waals surface area contributed by atoms with Crippen molar-refractivity contribution in [3.8, 4) is 0 Å². The third-order valence-corrected chi connectivity index (χ3v) is 10.9. The van der Waals surface area contributed by atoms with E-state index in [0.29, 0.717) is 18.5 Å². The molecule has 6 amide bonds. The summed E-state index contributed by atoms with van der Waals surface area (Å²) >= 11 is 0. The van der Waals surface area contributed by atoms with Gasteiger partial charge in [0.2, 0.25) is 29.4 Å². The number of rotatable bonds is 16. The van der Waals surface area contributed by atoms with E-state index < -0.39 is 60.3 Å². The number of ether oxygens (including phenoxy) is 1. The number of likely N-dealkylation sites (tertiary alicyclic amines) is 1. The van der Waals surface area contributed by atoms with Crippen molar-refractivity contribution in [2.75, 3.05) is 33.8 Å². The van der Waals surface area contributed by atoms with Gasteiger partial charge in [0.25, 0.3) is 5.91 Å². The standard InChI is InChI=1S/C39H58N6O8/c1-8-15-27(33(47)35(49)40-20-28(46)42-30(36(50)44(6)7)24-16-11-9-12-17-24)41-34(48)32-29-26(39(29,4)5)21-45(32)37(51)31(25-18-13-10-14-19-25)43-38(52)53-22-23(2)3/h9,11-12,16-17,23,25-27,29-32H,8,10,13-15,18-22H2,1-7H3,(H,40,49)(H,41,48)(H,42,46)(H,43,52)/t26-,27?,29-,30?,31-,32-/m0/s1. The van der Waals surface area contributed by atoms with E-state index in [4.69, 9.17) is 4.74 Å². The predicted molar refractivity (Wildman–Crippen MR) is 197 cm³/mol. The van der Waals surface area contributed by atoms with Crippen LogP contribution in [0.25, 0.3) is 0 Å². The molecule has 2 aliphatic carbocycles. The molecule has 6 atom stereocenters. The maximum absolute atomic E-state index is 14.3. The molecule has 0 spiro atoms. The highest BCUT2D eigenvalue weighted by molar-refractivity contribution is 6.38. The summed E-state index contributed by atoms with van der Waals surface area (Å²) < 4.78 is 5.38. The largest absolute Gasteiger partial charge is 0.449 e. The topological polar surface area (TPSA) is 183 Å². The molecule has 2 saturated carbocycles. The number of amides is 6. The van der Waals surface area contributed by atoms with E-state index in [1.54, 1.807) is 49.3 Å². The van der Waals surface area contributed by atoms with Crippen molar-refractivity contribution < 1.29 is 38.3 Å². The lowest BCUT2D eigenvalue weighted by Crippen LogP contribution is -2.59. The van der Waals surface area contributed by atoms with Crippen molar-refractivity contribution in [3.63, 3.8) is 0 Å². The van der Waals surface area contributed by atoms with Gasteiger partial charge in [-0.1, -0.05) is 90.6 Å². The molecule has 53 heavy (non-hydrogen) atoms. The van der Waals surface area contributed by atoms with Crippen LogP contribution < -0.4 is 21.3 Å². The Kier molecular flexibility index (Phi) is 14.0. The fourth-order valence-corrected chi connectivity index (χ4v) is 7.88. The number of benzene rings is 1. The molecular formula is C39H58N6O8. The van der Waals surface area contributed by atoms with Gasteiger partial charge in [-0.15, -0.1) is 0 Å². The molecule has 0 radical (unpaired) electrons. The SMILES string of the molecule is CCCC(NC(=O)[C@@H]1[C@@H]2[C@H](CN1C(=O)[C@@H](NC(=O)OCC(C)C)C1CCCCC1)C2(C)C)C(=O)C(=O)NCC(=O)NC(C(=O)N(C)C)c1ccccc1. The van der Waals surface area contributed by atoms with Crippen LogP contribution in [0.1, 0.15) is 91.2 Å². The number of likely N-dealkylation sites (N-methyl/N-ethyl adjacent to an activating group) is 1. The summed E-state index contributed by atoms with van der Waals surface area (Å²) in [5.41, 5.74) is 0.337. The first-order valence-electron chi connectivity index (χ1n) is 19.0. The molecule has 4 rings (SSSR count). The summed E-state index contributed by atoms with van der Waals surface area (Å²) in [5.74, 6) is -3.99. The molecule has 1 aromatic rings. The fourth-order valence-electron chi connectivity index (χ4n) is 7.88. The molecule has 4 N–H and O–H groups in total. The van der Waals surface area contributed by atoms with E-state index in [-0.39, 0.29) is 53.9 Å². The Morgan fingerprint density at radius 3 is 2.21 bits per heavy atom. The van der Waals surface area contributed by atoms with Crippen LogP contribution in [0.15, 0.2) is 30.3 Å². The number of alkyl carbamates (subject to hydrolysis) is 1. The van der Waals surface area contributed by atoms with Crippen molar-refractivity contribution in [3.05, 3.63) is 35.9 Å². The van der Waals surface area contributed by atoms with E-state index in [9.17, 15) is 33.6 Å². The minimum absolute atomic E-state index is 0.0586. The minimum Gasteiger partial charge on any atom is -0.449 e. The van der Waals surface area contributed by atoms with Gasteiger partial charge in [0.1, 0.15) is 18.1 Å². The highest BCUT2D eigenvalue weighted by Crippen LogP contribution is 2.65. The van der Waals surface area contributed by atoms with Crippen LogP contribution in [-0.2, 0) is 33.5 Å². The maximum atomic E-state index is 14.3. The number of nitrogens with one attached hydrogen (secondary N) is 4. The van der Waals surface area contributed by atoms with Crippen LogP contribution in [0.3, 0.4) is 0 Å². The summed E-state index contributed by atoms with van der Waals surface area (Å²) in [4.78, 5) is 96.5. The highest BCUT2D eigenvalue weighted by atomic mass is 16.5. The molecule has 1 heterocycles. The summed E-state index contributed by atoms with van der Waals surface area (Å²) in [5, 5.41) is 10.6. The zero-order valence-corrected chi connectivity index (χ0v) is 32.2. The lowest BCUT2D eigenvalue weighted by molar-refractivity contribution is -0.145. The minimum atomic E-state index is -1.20. The molecule has 3 fully saturated rings. The Balaban J connectivity index is 1.44. The molecule has 1 aromatic carbocycles. The van der Waals surface area contributed by atoms with Crippen LogP contribution in [-0.4, -0.2) is 103 Å². The van der Waals surface area contributed by atoms with Crippen molar-refractivity contribution in [1.29, 1.82) is 0 Å². The number of piperidine rings is 1. The molecule has 1 aliphatic heterocycles. The van der Waals surface area contributed by atoms with Gasteiger partial charge >= 0.3 is 6.09 Å². The van der Waals surface area contributed by atoms with E-state index >= 15 is 0 Å². The number of fused-ring (bicyclic) bond motifs is 1. The average molecular weight is 739 g/mol. The lowest BCUT2D eigenvalue weighted by atomic mass is 9.83. The van der Waals surface area contributed by atoms with E-state index in [2.05, 4.69) is 21.3 Å². The molecule has 292 valence electrons. The first kappa shape index (κ1) is 41.3. The van der Waals surface area contributed by atoms with Gasteiger partial charge in [0.05, 0.1) is 19.2 Å². The van der Waals surface area contributed by atoms with Gasteiger partial charge in [-0.05, 0) is 53.9 Å². The molecule has 14 heteroatoms. The third kappa shape index (κ3) is 10.1. The van der Waals surface area contributed by atoms with Crippen LogP contribution in [0.2, 0.25) is 0 Å².